The molecule has 0 saturated carbocycles. The van der Waals surface area contributed by atoms with Crippen molar-refractivity contribution in [1.82, 2.24) is 4.48 Å². The van der Waals surface area contributed by atoms with Gasteiger partial charge in [-0.3, -0.25) is 4.48 Å². The first-order valence-corrected chi connectivity index (χ1v) is 4.50. The Hall–Kier alpha value is -1.08. The molecule has 0 aliphatic carbocycles. The molecule has 1 aromatic rings. The maximum atomic E-state index is 3.78. The van der Waals surface area contributed by atoms with E-state index in [1.54, 1.807) is 0 Å². The van der Waals surface area contributed by atoms with Crippen molar-refractivity contribution in [3.05, 3.63) is 35.9 Å². The van der Waals surface area contributed by atoms with Gasteiger partial charge in [0.15, 0.2) is 0 Å². The maximum absolute atomic E-state index is 3.78. The molecule has 0 bridgehead atoms. The molecule has 13 heavy (non-hydrogen) atoms. The molecule has 0 spiro atoms. The van der Waals surface area contributed by atoms with Gasteiger partial charge in [0.2, 0.25) is 0 Å². The average molecular weight is 176 g/mol. The molecule has 0 radical (unpaired) electrons. The summed E-state index contributed by atoms with van der Waals surface area (Å²) in [6, 6.07) is 6.44. The van der Waals surface area contributed by atoms with Crippen LogP contribution in [-0.4, -0.2) is 21.1 Å². The Bertz CT molecular complexity index is 318. The first-order chi connectivity index (χ1) is 5.95. The molecular weight excluding hydrogens is 158 g/mol. The van der Waals surface area contributed by atoms with Crippen molar-refractivity contribution < 1.29 is 0 Å². The van der Waals surface area contributed by atoms with Gasteiger partial charge in [-0.05, 0) is 12.5 Å². The summed E-state index contributed by atoms with van der Waals surface area (Å²) in [7, 11) is 6.53. The summed E-state index contributed by atoms with van der Waals surface area (Å²) in [5, 5.41) is 0. The number of aryl methyl sites for hydroxylation is 1. The Morgan fingerprint density at radius 3 is 2.31 bits per heavy atom. The molecule has 0 amide bonds. The molecule has 0 unspecified atom stereocenters. The molecule has 1 heteroatoms. The van der Waals surface area contributed by atoms with Crippen LogP contribution in [0.15, 0.2) is 24.8 Å². The molecule has 0 aromatic heterocycles. The van der Waals surface area contributed by atoms with Gasteiger partial charge in [0.25, 0.3) is 0 Å². The summed E-state index contributed by atoms with van der Waals surface area (Å²) in [6.07, 6.45) is 1.89. The van der Waals surface area contributed by atoms with Gasteiger partial charge >= 0.3 is 0 Å². The van der Waals surface area contributed by atoms with Gasteiger partial charge in [0.1, 0.15) is 5.69 Å². The third-order valence-corrected chi connectivity index (χ3v) is 2.19. The summed E-state index contributed by atoms with van der Waals surface area (Å²) in [6.45, 7) is 5.92. The predicted molar refractivity (Wildman–Crippen MR) is 60.8 cm³/mol. The van der Waals surface area contributed by atoms with Crippen LogP contribution in [0.2, 0.25) is 0 Å². The van der Waals surface area contributed by atoms with Crippen molar-refractivity contribution in [3.8, 4) is 0 Å². The molecular formula is C12H18N+. The SMILES string of the molecule is C=Cc1ccc(C)c([N+](C)(C)C)c1. The Labute approximate surface area is 80.9 Å². The van der Waals surface area contributed by atoms with E-state index < -0.39 is 0 Å². The molecule has 0 fully saturated rings. The lowest BCUT2D eigenvalue weighted by molar-refractivity contribution is 0.484. The van der Waals surface area contributed by atoms with Crippen molar-refractivity contribution in [1.29, 1.82) is 0 Å². The highest BCUT2D eigenvalue weighted by Gasteiger charge is 2.14. The van der Waals surface area contributed by atoms with Crippen LogP contribution in [0.5, 0.6) is 0 Å². The average Bonchev–Trinajstić information content (AvgIpc) is 2.03. The molecule has 0 aliphatic rings. The van der Waals surface area contributed by atoms with Crippen LogP contribution in [0.4, 0.5) is 5.69 Å². The molecule has 0 aliphatic heterocycles. The number of hydrogen-bond acceptors (Lipinski definition) is 0. The minimum Gasteiger partial charge on any atom is -0.298 e. The normalized spacial score (nSPS) is 11.4. The van der Waals surface area contributed by atoms with Crippen LogP contribution < -0.4 is 4.48 Å². The summed E-state index contributed by atoms with van der Waals surface area (Å²) in [5.74, 6) is 0. The fourth-order valence-electron chi connectivity index (χ4n) is 1.48. The van der Waals surface area contributed by atoms with E-state index >= 15 is 0 Å². The molecule has 0 atom stereocenters. The van der Waals surface area contributed by atoms with E-state index in [9.17, 15) is 0 Å². The van der Waals surface area contributed by atoms with Crippen LogP contribution in [0.3, 0.4) is 0 Å². The highest BCUT2D eigenvalue weighted by molar-refractivity contribution is 5.58. The van der Waals surface area contributed by atoms with Gasteiger partial charge < -0.3 is 0 Å². The number of rotatable bonds is 2. The van der Waals surface area contributed by atoms with E-state index in [0.717, 1.165) is 4.48 Å². The van der Waals surface area contributed by atoms with Gasteiger partial charge in [0.05, 0.1) is 21.1 Å². The standard InChI is InChI=1S/C12H18N/c1-6-11-8-7-10(2)12(9-11)13(3,4)5/h6-9H,1H2,2-5H3/q+1. The Kier molecular flexibility index (Phi) is 2.58. The molecule has 1 nitrogen and oxygen atoms in total. The Balaban J connectivity index is 3.27. The molecule has 0 N–H and O–H groups in total. The fraction of sp³-hybridized carbons (Fsp3) is 0.333. The number of hydrogen-bond donors (Lipinski definition) is 0. The second kappa shape index (κ2) is 3.35. The van der Waals surface area contributed by atoms with Crippen LogP contribution >= 0.6 is 0 Å². The second-order valence-electron chi connectivity index (χ2n) is 4.26. The first-order valence-electron chi connectivity index (χ1n) is 4.50. The van der Waals surface area contributed by atoms with Crippen LogP contribution in [-0.2, 0) is 0 Å². The van der Waals surface area contributed by atoms with E-state index in [-0.39, 0.29) is 0 Å². The van der Waals surface area contributed by atoms with E-state index in [4.69, 9.17) is 0 Å². The highest BCUT2D eigenvalue weighted by atomic mass is 15.3. The zero-order chi connectivity index (χ0) is 10.1. The molecule has 1 rings (SSSR count). The highest BCUT2D eigenvalue weighted by Crippen LogP contribution is 2.23. The van der Waals surface area contributed by atoms with Crippen molar-refractivity contribution >= 4 is 11.8 Å². The molecule has 1 aromatic carbocycles. The maximum Gasteiger partial charge on any atom is 0.135 e. The molecule has 0 saturated heterocycles. The first kappa shape index (κ1) is 10.0. The summed E-state index contributed by atoms with van der Waals surface area (Å²) >= 11 is 0. The van der Waals surface area contributed by atoms with E-state index in [0.29, 0.717) is 0 Å². The van der Waals surface area contributed by atoms with Crippen molar-refractivity contribution in [2.45, 2.75) is 6.92 Å². The minimum absolute atomic E-state index is 0.855. The topological polar surface area (TPSA) is 0 Å². The van der Waals surface area contributed by atoms with Crippen LogP contribution in [0, 0.1) is 6.92 Å². The minimum atomic E-state index is 0.855. The van der Waals surface area contributed by atoms with Gasteiger partial charge in [-0.1, -0.05) is 24.8 Å². The van der Waals surface area contributed by atoms with Gasteiger partial charge in [0, 0.05) is 11.6 Å². The number of quaternary nitrogens is 1. The Morgan fingerprint density at radius 1 is 1.23 bits per heavy atom. The van der Waals surface area contributed by atoms with E-state index in [1.807, 2.05) is 6.08 Å². The quantitative estimate of drug-likeness (QED) is 0.608. The van der Waals surface area contributed by atoms with E-state index in [1.165, 1.54) is 16.8 Å². The van der Waals surface area contributed by atoms with Crippen molar-refractivity contribution in [3.63, 3.8) is 0 Å². The zero-order valence-corrected chi connectivity index (χ0v) is 8.96. The van der Waals surface area contributed by atoms with Crippen LogP contribution in [0.25, 0.3) is 6.08 Å². The zero-order valence-electron chi connectivity index (χ0n) is 8.96. The fourth-order valence-corrected chi connectivity index (χ4v) is 1.48. The summed E-state index contributed by atoms with van der Waals surface area (Å²) < 4.78 is 0.855. The smallest absolute Gasteiger partial charge is 0.135 e. The molecule has 70 valence electrons. The van der Waals surface area contributed by atoms with E-state index in [2.05, 4.69) is 52.8 Å². The van der Waals surface area contributed by atoms with Crippen molar-refractivity contribution in [2.24, 2.45) is 0 Å². The monoisotopic (exact) mass is 176 g/mol. The molecule has 0 heterocycles. The predicted octanol–water partition coefficient (Wildman–Crippen LogP) is 2.83. The Morgan fingerprint density at radius 2 is 1.85 bits per heavy atom. The lowest BCUT2D eigenvalue weighted by Crippen LogP contribution is -2.35. The van der Waals surface area contributed by atoms with Gasteiger partial charge in [-0.15, -0.1) is 0 Å². The summed E-state index contributed by atoms with van der Waals surface area (Å²) in [5.41, 5.74) is 3.86. The number of nitrogens with zero attached hydrogens (tertiary/aromatic N) is 1. The summed E-state index contributed by atoms with van der Waals surface area (Å²) in [4.78, 5) is 0. The van der Waals surface area contributed by atoms with Crippen molar-refractivity contribution in [2.75, 3.05) is 21.1 Å². The van der Waals surface area contributed by atoms with Gasteiger partial charge in [-0.2, -0.15) is 0 Å². The lowest BCUT2D eigenvalue weighted by atomic mass is 10.1. The number of benzene rings is 1. The second-order valence-corrected chi connectivity index (χ2v) is 4.26. The third kappa shape index (κ3) is 2.19. The van der Waals surface area contributed by atoms with Gasteiger partial charge in [-0.25, -0.2) is 0 Å². The largest absolute Gasteiger partial charge is 0.298 e. The third-order valence-electron chi connectivity index (χ3n) is 2.19. The van der Waals surface area contributed by atoms with Crippen LogP contribution in [0.1, 0.15) is 11.1 Å². The lowest BCUT2D eigenvalue weighted by Gasteiger charge is -2.25.